The topological polar surface area (TPSA) is 68.4 Å². The molecule has 0 aliphatic carbocycles. The first-order valence-corrected chi connectivity index (χ1v) is 10.4. The molecule has 1 unspecified atom stereocenters. The average molecular weight is 486 g/mol. The fourth-order valence-electron chi connectivity index (χ4n) is 3.60. The van der Waals surface area contributed by atoms with Crippen LogP contribution in [0.15, 0.2) is 42.6 Å². The maximum Gasteiger partial charge on any atom is 0.177 e. The number of hydrogen-bond acceptors (Lipinski definition) is 6. The predicted molar refractivity (Wildman–Crippen MR) is 116 cm³/mol. The quantitative estimate of drug-likeness (QED) is 0.415. The maximum atomic E-state index is 5.46. The molecule has 142 valence electrons. The number of fused-ring (bicyclic) bond motifs is 2. The Morgan fingerprint density at radius 2 is 1.93 bits per heavy atom. The van der Waals surface area contributed by atoms with E-state index in [1.54, 1.807) is 0 Å². The Kier molecular flexibility index (Phi) is 4.59. The Morgan fingerprint density at radius 3 is 2.79 bits per heavy atom. The second kappa shape index (κ2) is 7.25. The van der Waals surface area contributed by atoms with Crippen LogP contribution in [-0.4, -0.2) is 51.1 Å². The largest absolute Gasteiger partial charge is 0.378 e. The molecule has 0 radical (unpaired) electrons. The summed E-state index contributed by atoms with van der Waals surface area (Å²) in [5.41, 5.74) is 4.07. The highest BCUT2D eigenvalue weighted by atomic mass is 127. The molecule has 1 saturated heterocycles. The van der Waals surface area contributed by atoms with Crippen molar-refractivity contribution in [3.05, 3.63) is 57.7 Å². The van der Waals surface area contributed by atoms with Gasteiger partial charge in [-0.3, -0.25) is 4.98 Å². The standard InChI is InChI=1S/C20H19IN6O/c1-13(20-24-23-19-5-4-18(21)25-27(19)20)14-2-3-17-15(10-14)11-16(12-22-17)26-6-8-28-9-7-26/h2-5,10-13H,6-9H2,1H3. The van der Waals surface area contributed by atoms with Gasteiger partial charge in [-0.25, -0.2) is 0 Å². The van der Waals surface area contributed by atoms with E-state index in [-0.39, 0.29) is 5.92 Å². The lowest BCUT2D eigenvalue weighted by Crippen LogP contribution is -2.36. The molecule has 1 fully saturated rings. The van der Waals surface area contributed by atoms with Crippen molar-refractivity contribution in [1.29, 1.82) is 0 Å². The van der Waals surface area contributed by atoms with Crippen LogP contribution in [0.1, 0.15) is 24.2 Å². The molecule has 1 aliphatic heterocycles. The number of aromatic nitrogens is 5. The minimum atomic E-state index is 0.0668. The molecule has 4 heterocycles. The molecule has 3 aromatic heterocycles. The van der Waals surface area contributed by atoms with Crippen molar-refractivity contribution in [1.82, 2.24) is 24.8 Å². The number of anilines is 1. The highest BCUT2D eigenvalue weighted by Gasteiger charge is 2.18. The number of rotatable bonds is 3. The number of ether oxygens (including phenoxy) is 1. The Hall–Kier alpha value is -2.33. The summed E-state index contributed by atoms with van der Waals surface area (Å²) in [7, 11) is 0. The first-order chi connectivity index (χ1) is 13.7. The van der Waals surface area contributed by atoms with Crippen LogP contribution >= 0.6 is 22.6 Å². The molecular formula is C20H19IN6O. The molecule has 1 aliphatic rings. The summed E-state index contributed by atoms with van der Waals surface area (Å²) in [5, 5.41) is 14.4. The molecule has 0 bridgehead atoms. The molecular weight excluding hydrogens is 467 g/mol. The lowest BCUT2D eigenvalue weighted by Gasteiger charge is -2.28. The summed E-state index contributed by atoms with van der Waals surface area (Å²) in [6, 6.07) is 12.5. The minimum Gasteiger partial charge on any atom is -0.378 e. The lowest BCUT2D eigenvalue weighted by molar-refractivity contribution is 0.122. The van der Waals surface area contributed by atoms with E-state index >= 15 is 0 Å². The third-order valence-corrected chi connectivity index (χ3v) is 5.78. The summed E-state index contributed by atoms with van der Waals surface area (Å²) in [6.07, 6.45) is 1.95. The SMILES string of the molecule is CC(c1ccc2ncc(N3CCOCC3)cc2c1)c1nnc2ccc(I)nn12. The van der Waals surface area contributed by atoms with E-state index in [1.807, 2.05) is 22.8 Å². The molecule has 0 spiro atoms. The Morgan fingerprint density at radius 1 is 1.07 bits per heavy atom. The van der Waals surface area contributed by atoms with Gasteiger partial charge < -0.3 is 9.64 Å². The van der Waals surface area contributed by atoms with Gasteiger partial charge in [-0.05, 0) is 58.5 Å². The van der Waals surface area contributed by atoms with Crippen molar-refractivity contribution in [3.8, 4) is 0 Å². The summed E-state index contributed by atoms with van der Waals surface area (Å²) in [5.74, 6) is 0.905. The van der Waals surface area contributed by atoms with E-state index in [0.717, 1.165) is 58.1 Å². The van der Waals surface area contributed by atoms with Crippen molar-refractivity contribution in [2.45, 2.75) is 12.8 Å². The zero-order valence-electron chi connectivity index (χ0n) is 15.4. The van der Waals surface area contributed by atoms with Gasteiger partial charge in [0.25, 0.3) is 0 Å². The second-order valence-electron chi connectivity index (χ2n) is 6.95. The van der Waals surface area contributed by atoms with Gasteiger partial charge in [0.15, 0.2) is 11.5 Å². The van der Waals surface area contributed by atoms with Gasteiger partial charge in [-0.15, -0.1) is 10.2 Å². The maximum absolute atomic E-state index is 5.46. The summed E-state index contributed by atoms with van der Waals surface area (Å²) < 4.78 is 8.21. The molecule has 28 heavy (non-hydrogen) atoms. The summed E-state index contributed by atoms with van der Waals surface area (Å²) in [4.78, 5) is 6.98. The molecule has 0 N–H and O–H groups in total. The van der Waals surface area contributed by atoms with Gasteiger partial charge >= 0.3 is 0 Å². The van der Waals surface area contributed by atoms with Crippen molar-refractivity contribution in [3.63, 3.8) is 0 Å². The molecule has 1 atom stereocenters. The molecule has 0 saturated carbocycles. The van der Waals surface area contributed by atoms with Gasteiger partial charge in [0.05, 0.1) is 30.6 Å². The van der Waals surface area contributed by atoms with Gasteiger partial charge in [-0.2, -0.15) is 9.61 Å². The Balaban J connectivity index is 1.53. The number of hydrogen-bond donors (Lipinski definition) is 0. The van der Waals surface area contributed by atoms with E-state index in [1.165, 1.54) is 5.56 Å². The van der Waals surface area contributed by atoms with Gasteiger partial charge in [0.1, 0.15) is 3.70 Å². The highest BCUT2D eigenvalue weighted by molar-refractivity contribution is 14.1. The normalized spacial score (nSPS) is 16.0. The van der Waals surface area contributed by atoms with Gasteiger partial charge in [0.2, 0.25) is 0 Å². The van der Waals surface area contributed by atoms with E-state index in [4.69, 9.17) is 4.74 Å². The fraction of sp³-hybridized carbons (Fsp3) is 0.300. The predicted octanol–water partition coefficient (Wildman–Crippen LogP) is 3.27. The van der Waals surface area contributed by atoms with E-state index < -0.39 is 0 Å². The monoisotopic (exact) mass is 486 g/mol. The molecule has 1 aromatic carbocycles. The Bertz CT molecular complexity index is 1150. The number of nitrogens with zero attached hydrogens (tertiary/aromatic N) is 6. The highest BCUT2D eigenvalue weighted by Crippen LogP contribution is 2.28. The van der Waals surface area contributed by atoms with Crippen molar-refractivity contribution >= 4 is 44.8 Å². The minimum absolute atomic E-state index is 0.0668. The van der Waals surface area contributed by atoms with Crippen LogP contribution in [0.25, 0.3) is 16.6 Å². The average Bonchev–Trinajstić information content (AvgIpc) is 3.16. The molecule has 5 rings (SSSR count). The zero-order chi connectivity index (χ0) is 19.1. The van der Waals surface area contributed by atoms with E-state index in [9.17, 15) is 0 Å². The summed E-state index contributed by atoms with van der Waals surface area (Å²) >= 11 is 2.21. The number of pyridine rings is 1. The lowest BCUT2D eigenvalue weighted by atomic mass is 9.98. The molecule has 0 amide bonds. The van der Waals surface area contributed by atoms with Crippen LogP contribution in [0, 0.1) is 3.70 Å². The van der Waals surface area contributed by atoms with Crippen LogP contribution in [0.5, 0.6) is 0 Å². The van der Waals surface area contributed by atoms with Crippen LogP contribution in [0.2, 0.25) is 0 Å². The van der Waals surface area contributed by atoms with Gasteiger partial charge in [-0.1, -0.05) is 13.0 Å². The second-order valence-corrected chi connectivity index (χ2v) is 8.06. The van der Waals surface area contributed by atoms with Crippen LogP contribution < -0.4 is 4.90 Å². The smallest absolute Gasteiger partial charge is 0.177 e. The third-order valence-electron chi connectivity index (χ3n) is 5.21. The number of halogens is 1. The van der Waals surface area contributed by atoms with Gasteiger partial charge in [0, 0.05) is 24.4 Å². The summed E-state index contributed by atoms with van der Waals surface area (Å²) in [6.45, 7) is 5.47. The van der Waals surface area contributed by atoms with Crippen LogP contribution in [0.4, 0.5) is 5.69 Å². The molecule has 4 aromatic rings. The van der Waals surface area contributed by atoms with Crippen molar-refractivity contribution in [2.75, 3.05) is 31.2 Å². The number of benzene rings is 1. The van der Waals surface area contributed by atoms with Crippen LogP contribution in [-0.2, 0) is 4.74 Å². The first kappa shape index (κ1) is 17.7. The van der Waals surface area contributed by atoms with E-state index in [2.05, 4.69) is 79.0 Å². The molecule has 8 heteroatoms. The van der Waals surface area contributed by atoms with E-state index in [0.29, 0.717) is 0 Å². The van der Waals surface area contributed by atoms with Crippen molar-refractivity contribution in [2.24, 2.45) is 0 Å². The molecule has 7 nitrogen and oxygen atoms in total. The number of morpholine rings is 1. The fourth-order valence-corrected chi connectivity index (χ4v) is 4.00. The Labute approximate surface area is 175 Å². The third kappa shape index (κ3) is 3.20. The van der Waals surface area contributed by atoms with Crippen molar-refractivity contribution < 1.29 is 4.74 Å². The van der Waals surface area contributed by atoms with Crippen LogP contribution in [0.3, 0.4) is 0 Å². The zero-order valence-corrected chi connectivity index (χ0v) is 17.6. The first-order valence-electron chi connectivity index (χ1n) is 9.29.